The number of carbonyl (C=O) groups is 1. The first-order valence-electron chi connectivity index (χ1n) is 9.54. The number of hydrogen-bond acceptors (Lipinski definition) is 4. The predicted octanol–water partition coefficient (Wildman–Crippen LogP) is 5.37. The van der Waals surface area contributed by atoms with Crippen LogP contribution in [0.4, 0.5) is 0 Å². The summed E-state index contributed by atoms with van der Waals surface area (Å²) in [6.45, 7) is 4.87. The van der Waals surface area contributed by atoms with Crippen LogP contribution in [0.15, 0.2) is 40.9 Å². The van der Waals surface area contributed by atoms with Gasteiger partial charge in [0.15, 0.2) is 5.75 Å². The van der Waals surface area contributed by atoms with E-state index in [9.17, 15) is 4.79 Å². The Morgan fingerprint density at radius 3 is 2.63 bits per heavy atom. The molecule has 0 aliphatic heterocycles. The Morgan fingerprint density at radius 2 is 1.96 bits per heavy atom. The zero-order chi connectivity index (χ0) is 19.2. The molecule has 144 valence electrons. The van der Waals surface area contributed by atoms with E-state index in [1.807, 2.05) is 50.2 Å². The number of aromatic nitrogens is 1. The summed E-state index contributed by atoms with van der Waals surface area (Å²) in [6, 6.07) is 11.9. The van der Waals surface area contributed by atoms with Gasteiger partial charge in [0.05, 0.1) is 18.7 Å². The molecule has 1 aliphatic rings. The smallest absolute Gasteiger partial charge is 0.257 e. The van der Waals surface area contributed by atoms with E-state index >= 15 is 0 Å². The molecule has 0 N–H and O–H groups in total. The van der Waals surface area contributed by atoms with E-state index in [1.54, 1.807) is 0 Å². The Kier molecular flexibility index (Phi) is 6.89. The first-order chi connectivity index (χ1) is 13.0. The molecule has 1 saturated carbocycles. The van der Waals surface area contributed by atoms with Crippen LogP contribution in [0, 0.1) is 11.8 Å². The standard InChI is InChI=1S/C22H26BrNO3/c1-15(2)20(25)13-19-18(23)12-21(27-14-17-6-4-3-5-7-17)22(24-19)26-11-10-16-8-9-16/h3-7,12,15-16H,8-11,13-14H2,1-2H3. The van der Waals surface area contributed by atoms with Crippen LogP contribution >= 0.6 is 15.9 Å². The van der Waals surface area contributed by atoms with Gasteiger partial charge in [-0.1, -0.05) is 57.0 Å². The zero-order valence-electron chi connectivity index (χ0n) is 15.9. The molecule has 0 radical (unpaired) electrons. The molecule has 1 aliphatic carbocycles. The van der Waals surface area contributed by atoms with Crippen LogP contribution in [0.25, 0.3) is 0 Å². The van der Waals surface area contributed by atoms with E-state index in [2.05, 4.69) is 20.9 Å². The largest absolute Gasteiger partial charge is 0.483 e. The molecule has 27 heavy (non-hydrogen) atoms. The van der Waals surface area contributed by atoms with E-state index in [0.29, 0.717) is 30.5 Å². The highest BCUT2D eigenvalue weighted by atomic mass is 79.9. The third kappa shape index (κ3) is 6.06. The van der Waals surface area contributed by atoms with Crippen LogP contribution in [0.1, 0.15) is 44.4 Å². The molecule has 0 unspecified atom stereocenters. The molecule has 0 amide bonds. The number of halogens is 1. The minimum absolute atomic E-state index is 0.0213. The van der Waals surface area contributed by atoms with Gasteiger partial charge >= 0.3 is 0 Å². The van der Waals surface area contributed by atoms with Gasteiger partial charge in [0, 0.05) is 16.5 Å². The lowest BCUT2D eigenvalue weighted by molar-refractivity contribution is -0.121. The number of hydrogen-bond donors (Lipinski definition) is 0. The summed E-state index contributed by atoms with van der Waals surface area (Å²) in [6.07, 6.45) is 3.91. The van der Waals surface area contributed by atoms with Gasteiger partial charge in [-0.05, 0) is 33.8 Å². The Labute approximate surface area is 169 Å². The first-order valence-corrected chi connectivity index (χ1v) is 10.3. The molecule has 0 saturated heterocycles. The van der Waals surface area contributed by atoms with Crippen LogP contribution in [0.5, 0.6) is 11.6 Å². The van der Waals surface area contributed by atoms with Crippen molar-refractivity contribution in [2.75, 3.05) is 6.61 Å². The predicted molar refractivity (Wildman–Crippen MR) is 109 cm³/mol. The lowest BCUT2D eigenvalue weighted by Crippen LogP contribution is -2.13. The fourth-order valence-corrected chi connectivity index (χ4v) is 3.09. The second kappa shape index (κ2) is 9.36. The Balaban J connectivity index is 1.75. The van der Waals surface area contributed by atoms with Gasteiger partial charge in [0.25, 0.3) is 5.88 Å². The number of carbonyl (C=O) groups excluding carboxylic acids is 1. The fourth-order valence-electron chi connectivity index (χ4n) is 2.66. The second-order valence-electron chi connectivity index (χ2n) is 7.37. The van der Waals surface area contributed by atoms with Crippen LogP contribution in [-0.4, -0.2) is 17.4 Å². The van der Waals surface area contributed by atoms with Crippen molar-refractivity contribution in [2.24, 2.45) is 11.8 Å². The highest BCUT2D eigenvalue weighted by Crippen LogP contribution is 2.35. The summed E-state index contributed by atoms with van der Waals surface area (Å²) in [5.41, 5.74) is 1.78. The molecule has 0 spiro atoms. The minimum Gasteiger partial charge on any atom is -0.483 e. The molecule has 1 aromatic carbocycles. The van der Waals surface area contributed by atoms with Gasteiger partial charge in [-0.3, -0.25) is 4.79 Å². The van der Waals surface area contributed by atoms with Crippen molar-refractivity contribution in [1.29, 1.82) is 0 Å². The Bertz CT molecular complexity index is 773. The second-order valence-corrected chi connectivity index (χ2v) is 8.23. The van der Waals surface area contributed by atoms with Crippen molar-refractivity contribution in [3.05, 3.63) is 52.1 Å². The molecular formula is C22H26BrNO3. The van der Waals surface area contributed by atoms with Gasteiger partial charge in [-0.15, -0.1) is 0 Å². The van der Waals surface area contributed by atoms with Crippen LogP contribution in [-0.2, 0) is 17.8 Å². The summed E-state index contributed by atoms with van der Waals surface area (Å²) in [4.78, 5) is 16.8. The number of benzene rings is 1. The first kappa shape index (κ1) is 19.9. The van der Waals surface area contributed by atoms with E-state index < -0.39 is 0 Å². The average Bonchev–Trinajstić information content (AvgIpc) is 3.48. The molecule has 1 fully saturated rings. The molecule has 1 aromatic heterocycles. The summed E-state index contributed by atoms with van der Waals surface area (Å²) in [5.74, 6) is 2.00. The maximum atomic E-state index is 12.2. The molecule has 5 heteroatoms. The lowest BCUT2D eigenvalue weighted by atomic mass is 10.0. The van der Waals surface area contributed by atoms with E-state index in [4.69, 9.17) is 9.47 Å². The molecule has 0 atom stereocenters. The lowest BCUT2D eigenvalue weighted by Gasteiger charge is -2.15. The number of ether oxygens (including phenoxy) is 2. The molecule has 3 rings (SSSR count). The van der Waals surface area contributed by atoms with Crippen LogP contribution < -0.4 is 9.47 Å². The van der Waals surface area contributed by atoms with Crippen molar-refractivity contribution >= 4 is 21.7 Å². The number of ketones is 1. The van der Waals surface area contributed by atoms with Gasteiger partial charge < -0.3 is 9.47 Å². The summed E-state index contributed by atoms with van der Waals surface area (Å²) in [7, 11) is 0. The maximum absolute atomic E-state index is 12.2. The molecule has 0 bridgehead atoms. The quantitative estimate of drug-likeness (QED) is 0.507. The Morgan fingerprint density at radius 1 is 1.22 bits per heavy atom. The Hall–Kier alpha value is -1.88. The van der Waals surface area contributed by atoms with Crippen molar-refractivity contribution in [3.8, 4) is 11.6 Å². The monoisotopic (exact) mass is 431 g/mol. The number of rotatable bonds is 10. The van der Waals surface area contributed by atoms with E-state index in [-0.39, 0.29) is 18.1 Å². The van der Waals surface area contributed by atoms with Gasteiger partial charge in [-0.25, -0.2) is 4.98 Å². The maximum Gasteiger partial charge on any atom is 0.257 e. The normalized spacial score (nSPS) is 13.6. The third-order valence-corrected chi connectivity index (χ3v) is 5.35. The topological polar surface area (TPSA) is 48.4 Å². The average molecular weight is 432 g/mol. The van der Waals surface area contributed by atoms with Crippen LogP contribution in [0.2, 0.25) is 0 Å². The van der Waals surface area contributed by atoms with Crippen molar-refractivity contribution in [3.63, 3.8) is 0 Å². The summed E-state index contributed by atoms with van der Waals surface area (Å²) < 4.78 is 12.7. The van der Waals surface area contributed by atoms with Crippen molar-refractivity contribution < 1.29 is 14.3 Å². The molecular weight excluding hydrogens is 406 g/mol. The van der Waals surface area contributed by atoms with Gasteiger partial charge in [-0.2, -0.15) is 0 Å². The highest BCUT2D eigenvalue weighted by Gasteiger charge is 2.22. The molecule has 4 nitrogen and oxygen atoms in total. The molecule has 2 aromatic rings. The third-order valence-electron chi connectivity index (χ3n) is 4.67. The minimum atomic E-state index is -0.0213. The van der Waals surface area contributed by atoms with Crippen molar-refractivity contribution in [1.82, 2.24) is 4.98 Å². The van der Waals surface area contributed by atoms with Gasteiger partial charge in [0.2, 0.25) is 0 Å². The fraction of sp³-hybridized carbons (Fsp3) is 0.455. The van der Waals surface area contributed by atoms with E-state index in [1.165, 1.54) is 12.8 Å². The highest BCUT2D eigenvalue weighted by molar-refractivity contribution is 9.10. The summed E-state index contributed by atoms with van der Waals surface area (Å²) >= 11 is 3.54. The van der Waals surface area contributed by atoms with Crippen LogP contribution in [0.3, 0.4) is 0 Å². The van der Waals surface area contributed by atoms with Crippen molar-refractivity contribution in [2.45, 2.75) is 46.1 Å². The van der Waals surface area contributed by atoms with E-state index in [0.717, 1.165) is 22.4 Å². The number of Topliss-reactive ketones (excluding diaryl/α,β-unsaturated/α-hetero) is 1. The molecule has 1 heterocycles. The number of pyridine rings is 1. The zero-order valence-corrected chi connectivity index (χ0v) is 17.5. The van der Waals surface area contributed by atoms with Gasteiger partial charge in [0.1, 0.15) is 12.4 Å². The number of nitrogens with zero attached hydrogens (tertiary/aromatic N) is 1. The summed E-state index contributed by atoms with van der Waals surface area (Å²) in [5, 5.41) is 0. The SMILES string of the molecule is CC(C)C(=O)Cc1nc(OCCC2CC2)c(OCc2ccccc2)cc1Br.